The SMILES string of the molecule is Cc1nn(Cc2ccccc2)c(Cl)c1/C=C/C(=O)NCc1cccnc1OC(C)C. The summed E-state index contributed by atoms with van der Waals surface area (Å²) in [7, 11) is 0. The van der Waals surface area contributed by atoms with Crippen LogP contribution < -0.4 is 10.1 Å². The van der Waals surface area contributed by atoms with Crippen molar-refractivity contribution < 1.29 is 9.53 Å². The molecule has 0 fully saturated rings. The molecule has 0 saturated heterocycles. The van der Waals surface area contributed by atoms with Crippen molar-refractivity contribution in [2.45, 2.75) is 40.0 Å². The maximum atomic E-state index is 12.3. The summed E-state index contributed by atoms with van der Waals surface area (Å²) in [5.74, 6) is 0.290. The second kappa shape index (κ2) is 10.1. The lowest BCUT2D eigenvalue weighted by Gasteiger charge is -2.12. The Morgan fingerprint density at radius 1 is 1.23 bits per heavy atom. The molecule has 0 unspecified atom stereocenters. The van der Waals surface area contributed by atoms with Gasteiger partial charge >= 0.3 is 0 Å². The number of halogens is 1. The predicted molar refractivity (Wildman–Crippen MR) is 118 cm³/mol. The number of ether oxygens (including phenoxy) is 1. The second-order valence-electron chi connectivity index (χ2n) is 7.12. The average Bonchev–Trinajstić information content (AvgIpc) is 2.98. The number of nitrogens with zero attached hydrogens (tertiary/aromatic N) is 3. The molecule has 6 nitrogen and oxygen atoms in total. The summed E-state index contributed by atoms with van der Waals surface area (Å²) in [6, 6.07) is 13.7. The number of hydrogen-bond donors (Lipinski definition) is 1. The number of aromatic nitrogens is 3. The van der Waals surface area contributed by atoms with Crippen LogP contribution in [-0.4, -0.2) is 26.8 Å². The molecule has 1 amide bonds. The Morgan fingerprint density at radius 2 is 2.00 bits per heavy atom. The highest BCUT2D eigenvalue weighted by Gasteiger charge is 2.12. The molecule has 0 radical (unpaired) electrons. The molecule has 2 heterocycles. The van der Waals surface area contributed by atoms with Crippen molar-refractivity contribution in [3.63, 3.8) is 0 Å². The van der Waals surface area contributed by atoms with Gasteiger partial charge in [-0.2, -0.15) is 5.10 Å². The van der Waals surface area contributed by atoms with Crippen molar-refractivity contribution >= 4 is 23.6 Å². The van der Waals surface area contributed by atoms with Gasteiger partial charge in [-0.25, -0.2) is 9.67 Å². The summed E-state index contributed by atoms with van der Waals surface area (Å²) in [5, 5.41) is 7.85. The Morgan fingerprint density at radius 3 is 2.73 bits per heavy atom. The van der Waals surface area contributed by atoms with Gasteiger partial charge in [0.15, 0.2) is 0 Å². The zero-order valence-electron chi connectivity index (χ0n) is 17.3. The van der Waals surface area contributed by atoms with Gasteiger partial charge in [-0.3, -0.25) is 4.79 Å². The van der Waals surface area contributed by atoms with Gasteiger partial charge in [0.2, 0.25) is 11.8 Å². The zero-order valence-corrected chi connectivity index (χ0v) is 18.1. The van der Waals surface area contributed by atoms with E-state index in [9.17, 15) is 4.79 Å². The number of hydrogen-bond acceptors (Lipinski definition) is 4. The number of pyridine rings is 1. The Labute approximate surface area is 181 Å². The highest BCUT2D eigenvalue weighted by Crippen LogP contribution is 2.22. The van der Waals surface area contributed by atoms with Gasteiger partial charge in [0, 0.05) is 29.9 Å². The zero-order chi connectivity index (χ0) is 21.5. The normalized spacial score (nSPS) is 11.2. The van der Waals surface area contributed by atoms with Gasteiger partial charge in [-0.05, 0) is 38.5 Å². The molecule has 0 aliphatic rings. The van der Waals surface area contributed by atoms with Gasteiger partial charge in [-0.1, -0.05) is 48.0 Å². The van der Waals surface area contributed by atoms with Crippen molar-refractivity contribution in [1.82, 2.24) is 20.1 Å². The first-order chi connectivity index (χ1) is 14.4. The molecule has 3 aromatic rings. The summed E-state index contributed by atoms with van der Waals surface area (Å²) >= 11 is 6.50. The molecule has 1 aromatic carbocycles. The van der Waals surface area contributed by atoms with E-state index in [1.807, 2.05) is 63.2 Å². The molecule has 0 atom stereocenters. The Kier molecular flexibility index (Phi) is 7.25. The van der Waals surface area contributed by atoms with Gasteiger partial charge in [0.1, 0.15) is 5.15 Å². The fourth-order valence-corrected chi connectivity index (χ4v) is 3.20. The summed E-state index contributed by atoms with van der Waals surface area (Å²) in [5.41, 5.74) is 3.41. The minimum Gasteiger partial charge on any atom is -0.475 e. The van der Waals surface area contributed by atoms with E-state index in [4.69, 9.17) is 16.3 Å². The molecule has 0 aliphatic carbocycles. The largest absolute Gasteiger partial charge is 0.475 e. The van der Waals surface area contributed by atoms with Crippen molar-refractivity contribution in [2.24, 2.45) is 0 Å². The smallest absolute Gasteiger partial charge is 0.244 e. The van der Waals surface area contributed by atoms with Gasteiger partial charge in [0.05, 0.1) is 18.3 Å². The molecule has 0 aliphatic heterocycles. The van der Waals surface area contributed by atoms with Crippen LogP contribution in [0.25, 0.3) is 6.08 Å². The number of aryl methyl sites for hydroxylation is 1. The number of benzene rings is 1. The molecule has 156 valence electrons. The molecule has 30 heavy (non-hydrogen) atoms. The molecule has 0 spiro atoms. The van der Waals surface area contributed by atoms with Crippen LogP contribution in [0.2, 0.25) is 5.15 Å². The topological polar surface area (TPSA) is 69.0 Å². The van der Waals surface area contributed by atoms with Crippen LogP contribution in [0, 0.1) is 6.92 Å². The summed E-state index contributed by atoms with van der Waals surface area (Å²) < 4.78 is 7.41. The lowest BCUT2D eigenvalue weighted by Crippen LogP contribution is -2.21. The van der Waals surface area contributed by atoms with E-state index < -0.39 is 0 Å². The molecule has 0 saturated carbocycles. The third-order valence-corrected chi connectivity index (χ3v) is 4.73. The maximum absolute atomic E-state index is 12.3. The molecule has 3 rings (SSSR count). The first kappa shape index (κ1) is 21.6. The first-order valence-corrected chi connectivity index (χ1v) is 10.1. The van der Waals surface area contributed by atoms with Crippen molar-refractivity contribution in [2.75, 3.05) is 0 Å². The van der Waals surface area contributed by atoms with E-state index in [1.54, 1.807) is 17.0 Å². The monoisotopic (exact) mass is 424 g/mol. The fraction of sp³-hybridized carbons (Fsp3) is 0.261. The van der Waals surface area contributed by atoms with Crippen molar-refractivity contribution in [1.29, 1.82) is 0 Å². The van der Waals surface area contributed by atoms with Crippen LogP contribution >= 0.6 is 11.6 Å². The molecular formula is C23H25ClN4O2. The molecule has 0 bridgehead atoms. The number of nitrogens with one attached hydrogen (secondary N) is 1. The highest BCUT2D eigenvalue weighted by atomic mass is 35.5. The van der Waals surface area contributed by atoms with Crippen LogP contribution in [0.15, 0.2) is 54.7 Å². The lowest BCUT2D eigenvalue weighted by molar-refractivity contribution is -0.116. The van der Waals surface area contributed by atoms with Crippen molar-refractivity contribution in [3.8, 4) is 5.88 Å². The van der Waals surface area contributed by atoms with Crippen molar-refractivity contribution in [3.05, 3.63) is 82.3 Å². The van der Waals surface area contributed by atoms with E-state index in [0.29, 0.717) is 24.1 Å². The third kappa shape index (κ3) is 5.70. The number of carbonyl (C=O) groups excluding carboxylic acids is 1. The van der Waals surface area contributed by atoms with E-state index in [-0.39, 0.29) is 12.0 Å². The van der Waals surface area contributed by atoms with Crippen LogP contribution in [-0.2, 0) is 17.9 Å². The molecule has 7 heteroatoms. The quantitative estimate of drug-likeness (QED) is 0.544. The summed E-state index contributed by atoms with van der Waals surface area (Å²) in [4.78, 5) is 16.5. The van der Waals surface area contributed by atoms with Gasteiger partial charge < -0.3 is 10.1 Å². The molecule has 1 N–H and O–H groups in total. The molecular weight excluding hydrogens is 400 g/mol. The average molecular weight is 425 g/mol. The predicted octanol–water partition coefficient (Wildman–Crippen LogP) is 4.41. The fourth-order valence-electron chi connectivity index (χ4n) is 2.91. The van der Waals surface area contributed by atoms with Crippen LogP contribution in [0.4, 0.5) is 0 Å². The maximum Gasteiger partial charge on any atom is 0.244 e. The standard InChI is InChI=1S/C23H25ClN4O2/c1-16(2)30-23-19(10-7-13-25-23)14-26-21(29)12-11-20-17(3)27-28(22(20)24)15-18-8-5-4-6-9-18/h4-13,16H,14-15H2,1-3H3,(H,26,29)/b12-11+. The van der Waals surface area contributed by atoms with E-state index in [2.05, 4.69) is 15.4 Å². The molecule has 2 aromatic heterocycles. The number of amides is 1. The minimum atomic E-state index is -0.236. The van der Waals surface area contributed by atoms with Crippen LogP contribution in [0.1, 0.15) is 36.2 Å². The van der Waals surface area contributed by atoms with Crippen LogP contribution in [0.3, 0.4) is 0 Å². The van der Waals surface area contributed by atoms with Crippen LogP contribution in [0.5, 0.6) is 5.88 Å². The second-order valence-corrected chi connectivity index (χ2v) is 7.48. The Hall–Kier alpha value is -3.12. The van der Waals surface area contributed by atoms with Gasteiger partial charge in [-0.15, -0.1) is 0 Å². The summed E-state index contributed by atoms with van der Waals surface area (Å²) in [6.07, 6.45) is 4.82. The van der Waals surface area contributed by atoms with Gasteiger partial charge in [0.25, 0.3) is 0 Å². The Bertz CT molecular complexity index is 1030. The third-order valence-electron chi connectivity index (χ3n) is 4.34. The van der Waals surface area contributed by atoms with E-state index >= 15 is 0 Å². The number of rotatable bonds is 8. The minimum absolute atomic E-state index is 0.00628. The highest BCUT2D eigenvalue weighted by molar-refractivity contribution is 6.31. The number of carbonyl (C=O) groups is 1. The van der Waals surface area contributed by atoms with E-state index in [1.165, 1.54) is 6.08 Å². The first-order valence-electron chi connectivity index (χ1n) is 9.77. The lowest BCUT2D eigenvalue weighted by atomic mass is 10.2. The summed E-state index contributed by atoms with van der Waals surface area (Å²) in [6.45, 7) is 6.63. The Balaban J connectivity index is 1.64. The van der Waals surface area contributed by atoms with E-state index in [0.717, 1.165) is 22.4 Å².